The summed E-state index contributed by atoms with van der Waals surface area (Å²) in [7, 11) is -1.87. The number of hydrogen-bond acceptors (Lipinski definition) is 4. The van der Waals surface area contributed by atoms with E-state index in [4.69, 9.17) is 9.89 Å². The molecule has 0 saturated carbocycles. The van der Waals surface area contributed by atoms with Gasteiger partial charge in [-0.05, 0) is 6.07 Å². The minimum absolute atomic E-state index is 0.0492. The maximum absolute atomic E-state index is 10.6. The van der Waals surface area contributed by atoms with Crippen LogP contribution in [-0.2, 0) is 14.8 Å². The molecule has 1 rings (SSSR count). The van der Waals surface area contributed by atoms with E-state index in [9.17, 15) is 9.00 Å². The maximum atomic E-state index is 10.6. The number of carboxylic acids is 1. The minimum atomic E-state index is -1.87. The molecule has 0 bridgehead atoms. The van der Waals surface area contributed by atoms with E-state index < -0.39 is 16.6 Å². The fourth-order valence-corrected chi connectivity index (χ4v) is 1.18. The van der Waals surface area contributed by atoms with Crippen LogP contribution in [0, 0.1) is 4.78 Å². The summed E-state index contributed by atoms with van der Waals surface area (Å²) in [6, 6.07) is 5.53. The Morgan fingerprint density at radius 1 is 1.50 bits per heavy atom. The molecule has 0 radical (unpaired) electrons. The number of aromatic carboxylic acids is 1. The summed E-state index contributed by atoms with van der Waals surface area (Å²) in [4.78, 5) is 10.6. The van der Waals surface area contributed by atoms with Gasteiger partial charge in [0.15, 0.2) is 0 Å². The highest BCUT2D eigenvalue weighted by atomic mass is 32.2. The summed E-state index contributed by atoms with van der Waals surface area (Å²) < 4.78 is 17.4. The van der Waals surface area contributed by atoms with Crippen LogP contribution in [0.1, 0.15) is 10.4 Å². The maximum Gasteiger partial charge on any atom is 0.335 e. The Labute approximate surface area is 70.9 Å². The van der Waals surface area contributed by atoms with E-state index in [0.717, 1.165) is 0 Å². The molecule has 0 heterocycles. The van der Waals surface area contributed by atoms with Gasteiger partial charge in [0.2, 0.25) is 0 Å². The molecule has 0 fully saturated rings. The highest BCUT2D eigenvalue weighted by molar-refractivity contribution is 7.73. The quantitative estimate of drug-likeness (QED) is 0.683. The first-order valence-electron chi connectivity index (χ1n) is 3.07. The molecule has 0 aliphatic heterocycles. The first-order chi connectivity index (χ1) is 5.61. The fourth-order valence-electron chi connectivity index (χ4n) is 0.744. The van der Waals surface area contributed by atoms with Gasteiger partial charge in [0.1, 0.15) is 0 Å². The molecule has 1 aromatic rings. The summed E-state index contributed by atoms with van der Waals surface area (Å²) in [6.07, 6.45) is 0. The van der Waals surface area contributed by atoms with Crippen molar-refractivity contribution in [2.75, 3.05) is 0 Å². The zero-order valence-electron chi connectivity index (χ0n) is 5.98. The van der Waals surface area contributed by atoms with Crippen molar-refractivity contribution in [2.45, 2.75) is 4.90 Å². The average molecular weight is 184 g/mol. The lowest BCUT2D eigenvalue weighted by molar-refractivity contribution is 0.0696. The number of carboxylic acid groups (broad SMARTS) is 1. The number of rotatable bonds is 2. The first kappa shape index (κ1) is 8.73. The number of carbonyl (C=O) groups is 1. The Balaban J connectivity index is 3.21. The molecule has 0 atom stereocenters. The van der Waals surface area contributed by atoms with Crippen molar-refractivity contribution in [3.8, 4) is 0 Å². The van der Waals surface area contributed by atoms with E-state index in [1.807, 2.05) is 0 Å². The Bertz CT molecular complexity index is 376. The molecule has 12 heavy (non-hydrogen) atoms. The molecule has 0 aliphatic carbocycles. The third-order valence-electron chi connectivity index (χ3n) is 1.30. The molecule has 0 aliphatic rings. The second-order valence-electron chi connectivity index (χ2n) is 2.10. The second-order valence-corrected chi connectivity index (χ2v) is 3.11. The van der Waals surface area contributed by atoms with Gasteiger partial charge in [0.05, 0.1) is 5.56 Å². The average Bonchev–Trinajstić information content (AvgIpc) is 2.04. The highest BCUT2D eigenvalue weighted by Crippen LogP contribution is 2.06. The third kappa shape index (κ3) is 1.82. The Morgan fingerprint density at radius 3 is 2.67 bits per heavy atom. The summed E-state index contributed by atoms with van der Waals surface area (Å²) in [5, 5.41) is 8.53. The fraction of sp³-hybridized carbons (Fsp3) is 0. The Kier molecular flexibility index (Phi) is 2.44. The van der Waals surface area contributed by atoms with Crippen LogP contribution in [0.25, 0.3) is 0 Å². The van der Waals surface area contributed by atoms with Gasteiger partial charge in [0, 0.05) is 0 Å². The largest absolute Gasteiger partial charge is 0.478 e. The second kappa shape index (κ2) is 3.36. The molecule has 0 unspecified atom stereocenters. The molecular weight excluding hydrogens is 178 g/mol. The highest BCUT2D eigenvalue weighted by Gasteiger charge is 1.99. The lowest BCUT2D eigenvalue weighted by Gasteiger charge is -2.01. The van der Waals surface area contributed by atoms with Crippen molar-refractivity contribution in [1.29, 1.82) is 4.78 Å². The van der Waals surface area contributed by atoms with Crippen LogP contribution in [0.5, 0.6) is 0 Å². The van der Waals surface area contributed by atoms with Gasteiger partial charge in [-0.2, -0.15) is 10.6 Å². The zero-order chi connectivity index (χ0) is 9.14. The summed E-state index contributed by atoms with van der Waals surface area (Å²) in [6.45, 7) is 0. The molecule has 1 aromatic carbocycles. The lowest BCUT2D eigenvalue weighted by Crippen LogP contribution is -1.95. The van der Waals surface area contributed by atoms with Crippen LogP contribution >= 0.6 is 0 Å². The van der Waals surface area contributed by atoms with E-state index in [-0.39, 0.29) is 10.5 Å². The zero-order valence-corrected chi connectivity index (χ0v) is 6.80. The summed E-state index contributed by atoms with van der Waals surface area (Å²) >= 11 is 0. The van der Waals surface area contributed by atoms with Crippen LogP contribution in [-0.4, -0.2) is 11.1 Å². The van der Waals surface area contributed by atoms with Gasteiger partial charge in [-0.1, -0.05) is 23.1 Å². The van der Waals surface area contributed by atoms with Crippen LogP contribution in [0.3, 0.4) is 0 Å². The molecular formula is C7H6NO3S-. The third-order valence-corrected chi connectivity index (χ3v) is 1.98. The van der Waals surface area contributed by atoms with Crippen molar-refractivity contribution >= 4 is 16.6 Å². The molecule has 4 nitrogen and oxygen atoms in total. The van der Waals surface area contributed by atoms with Gasteiger partial charge < -0.3 is 14.1 Å². The van der Waals surface area contributed by atoms with Crippen molar-refractivity contribution < 1.29 is 14.1 Å². The molecule has 0 spiro atoms. The first-order valence-corrected chi connectivity index (χ1v) is 4.22. The molecule has 2 N–H and O–H groups in total. The van der Waals surface area contributed by atoms with E-state index in [2.05, 4.69) is 0 Å². The van der Waals surface area contributed by atoms with Crippen LogP contribution < -0.4 is 0 Å². The van der Waals surface area contributed by atoms with Crippen molar-refractivity contribution in [3.05, 3.63) is 29.8 Å². The Morgan fingerprint density at radius 2 is 2.17 bits per heavy atom. The lowest BCUT2D eigenvalue weighted by atomic mass is 10.2. The van der Waals surface area contributed by atoms with E-state index in [1.165, 1.54) is 24.3 Å². The van der Waals surface area contributed by atoms with Gasteiger partial charge in [-0.3, -0.25) is 0 Å². The number of benzene rings is 1. The topological polar surface area (TPSA) is 78.2 Å². The number of hydrogen-bond donors (Lipinski definition) is 2. The monoisotopic (exact) mass is 184 g/mol. The normalized spacial score (nSPS) is 10.1. The summed E-state index contributed by atoms with van der Waals surface area (Å²) in [5.41, 5.74) is 0.0492. The van der Waals surface area contributed by atoms with Crippen LogP contribution in [0.15, 0.2) is 29.2 Å². The van der Waals surface area contributed by atoms with Gasteiger partial charge in [-0.15, -0.1) is 0 Å². The Hall–Kier alpha value is -1.36. The van der Waals surface area contributed by atoms with E-state index in [1.54, 1.807) is 0 Å². The predicted octanol–water partition coefficient (Wildman–Crippen LogP) is 1.47. The molecule has 64 valence electrons. The van der Waals surface area contributed by atoms with Crippen molar-refractivity contribution in [3.63, 3.8) is 0 Å². The molecule has 5 heteroatoms. The molecule has 0 amide bonds. The minimum Gasteiger partial charge on any atom is -0.478 e. The summed E-state index contributed by atoms with van der Waals surface area (Å²) in [5.74, 6) is -1.08. The van der Waals surface area contributed by atoms with E-state index in [0.29, 0.717) is 0 Å². The number of nitrogens with one attached hydrogen (secondary N) is 1. The molecule has 0 aromatic heterocycles. The van der Waals surface area contributed by atoms with E-state index >= 15 is 0 Å². The van der Waals surface area contributed by atoms with Crippen molar-refractivity contribution in [2.24, 2.45) is 0 Å². The van der Waals surface area contributed by atoms with Gasteiger partial charge in [0.25, 0.3) is 0 Å². The standard InChI is InChI=1S/C7H6NO3S/c8-12(11)6-3-1-2-5(4-6)7(9)10/h1-4,8H,(H,9,10)/q-1. The van der Waals surface area contributed by atoms with Gasteiger partial charge >= 0.3 is 5.97 Å². The smallest absolute Gasteiger partial charge is 0.335 e. The van der Waals surface area contributed by atoms with Gasteiger partial charge in [-0.25, -0.2) is 4.79 Å². The van der Waals surface area contributed by atoms with Crippen LogP contribution in [0.2, 0.25) is 0 Å². The van der Waals surface area contributed by atoms with Crippen molar-refractivity contribution in [1.82, 2.24) is 0 Å². The predicted molar refractivity (Wildman–Crippen MR) is 42.4 cm³/mol. The van der Waals surface area contributed by atoms with Crippen LogP contribution in [0.4, 0.5) is 0 Å². The SMILES string of the molecule is N=[S-](=O)c1cccc(C(=O)O)c1. The molecule has 0 saturated heterocycles.